The average molecular weight is 341 g/mol. The summed E-state index contributed by atoms with van der Waals surface area (Å²) in [7, 11) is 2.13. The number of aryl methyl sites for hydroxylation is 1. The van der Waals surface area contributed by atoms with Gasteiger partial charge in [-0.3, -0.25) is 9.69 Å². The predicted octanol–water partition coefficient (Wildman–Crippen LogP) is 1.42. The van der Waals surface area contributed by atoms with Gasteiger partial charge < -0.3 is 15.4 Å². The van der Waals surface area contributed by atoms with E-state index in [9.17, 15) is 4.79 Å². The first-order valence-electron chi connectivity index (χ1n) is 8.32. The molecule has 1 aromatic heterocycles. The van der Waals surface area contributed by atoms with Crippen molar-refractivity contribution in [2.75, 3.05) is 33.2 Å². The van der Waals surface area contributed by atoms with Crippen LogP contribution in [0.4, 0.5) is 0 Å². The van der Waals surface area contributed by atoms with E-state index in [1.807, 2.05) is 13.0 Å². The molecule has 0 spiro atoms. The molecule has 0 unspecified atom stereocenters. The number of rotatable bonds is 5. The molecule has 1 amide bonds. The number of primary amides is 1. The number of carbonyl (C=O) groups is 1. The Hall–Kier alpha value is -2.51. The molecule has 7 nitrogen and oxygen atoms in total. The van der Waals surface area contributed by atoms with E-state index in [-0.39, 0.29) is 0 Å². The van der Waals surface area contributed by atoms with Gasteiger partial charge in [0, 0.05) is 44.0 Å². The monoisotopic (exact) mass is 341 g/mol. The molecule has 0 radical (unpaired) electrons. The Morgan fingerprint density at radius 2 is 2.00 bits per heavy atom. The number of ether oxygens (including phenoxy) is 1. The number of nitrogens with two attached hydrogens (primary N) is 1. The molecule has 0 bridgehead atoms. The van der Waals surface area contributed by atoms with Crippen molar-refractivity contribution in [3.8, 4) is 11.6 Å². The SMILES string of the molecule is Cc1ccc(Oc2ccnc(CN3CCN(C)CC3)n2)cc1C(N)=O. The molecule has 7 heteroatoms. The van der Waals surface area contributed by atoms with Crippen LogP contribution in [0, 0.1) is 6.92 Å². The first kappa shape index (κ1) is 17.3. The van der Waals surface area contributed by atoms with E-state index in [1.165, 1.54) is 0 Å². The van der Waals surface area contributed by atoms with Crippen molar-refractivity contribution in [3.05, 3.63) is 47.4 Å². The summed E-state index contributed by atoms with van der Waals surface area (Å²) >= 11 is 0. The number of hydrogen-bond acceptors (Lipinski definition) is 6. The molecule has 1 aromatic carbocycles. The average Bonchev–Trinajstić information content (AvgIpc) is 2.59. The minimum Gasteiger partial charge on any atom is -0.439 e. The van der Waals surface area contributed by atoms with Gasteiger partial charge in [0.15, 0.2) is 0 Å². The molecule has 2 heterocycles. The summed E-state index contributed by atoms with van der Waals surface area (Å²) in [6.45, 7) is 6.65. The summed E-state index contributed by atoms with van der Waals surface area (Å²) in [5.41, 5.74) is 6.65. The van der Waals surface area contributed by atoms with Crippen LogP contribution in [0.1, 0.15) is 21.7 Å². The second kappa shape index (κ2) is 7.58. The molecular weight excluding hydrogens is 318 g/mol. The molecule has 0 saturated carbocycles. The molecule has 1 aliphatic rings. The van der Waals surface area contributed by atoms with Gasteiger partial charge in [0.2, 0.25) is 11.8 Å². The molecule has 25 heavy (non-hydrogen) atoms. The minimum atomic E-state index is -0.471. The number of carbonyl (C=O) groups excluding carboxylic acids is 1. The van der Waals surface area contributed by atoms with Crippen LogP contribution >= 0.6 is 0 Å². The maximum Gasteiger partial charge on any atom is 0.249 e. The Morgan fingerprint density at radius 3 is 2.72 bits per heavy atom. The van der Waals surface area contributed by atoms with Crippen LogP contribution in [0.5, 0.6) is 11.6 Å². The van der Waals surface area contributed by atoms with Gasteiger partial charge >= 0.3 is 0 Å². The number of benzene rings is 1. The molecule has 2 N–H and O–H groups in total. The Kier molecular flexibility index (Phi) is 5.25. The molecule has 0 atom stereocenters. The van der Waals surface area contributed by atoms with Crippen LogP contribution < -0.4 is 10.5 Å². The van der Waals surface area contributed by atoms with Crippen molar-refractivity contribution in [3.63, 3.8) is 0 Å². The fraction of sp³-hybridized carbons (Fsp3) is 0.389. The second-order valence-corrected chi connectivity index (χ2v) is 6.33. The first-order valence-corrected chi connectivity index (χ1v) is 8.32. The molecule has 1 fully saturated rings. The van der Waals surface area contributed by atoms with E-state index in [2.05, 4.69) is 26.8 Å². The maximum atomic E-state index is 11.5. The van der Waals surface area contributed by atoms with E-state index < -0.39 is 5.91 Å². The lowest BCUT2D eigenvalue weighted by molar-refractivity contribution is 0.0999. The van der Waals surface area contributed by atoms with Crippen molar-refractivity contribution in [1.82, 2.24) is 19.8 Å². The topological polar surface area (TPSA) is 84.6 Å². The maximum absolute atomic E-state index is 11.5. The number of nitrogens with zero attached hydrogens (tertiary/aromatic N) is 4. The largest absolute Gasteiger partial charge is 0.439 e. The van der Waals surface area contributed by atoms with E-state index in [4.69, 9.17) is 10.5 Å². The van der Waals surface area contributed by atoms with Gasteiger partial charge in [-0.25, -0.2) is 4.98 Å². The smallest absolute Gasteiger partial charge is 0.249 e. The normalized spacial score (nSPS) is 15.9. The first-order chi connectivity index (χ1) is 12.0. The fourth-order valence-electron chi connectivity index (χ4n) is 2.77. The number of likely N-dealkylation sites (N-methyl/N-ethyl adjacent to an activating group) is 1. The number of aromatic nitrogens is 2. The summed E-state index contributed by atoms with van der Waals surface area (Å²) in [6.07, 6.45) is 1.69. The standard InChI is InChI=1S/C18H23N5O2/c1-13-3-4-14(11-15(13)18(19)24)25-17-5-6-20-16(21-17)12-23-9-7-22(2)8-10-23/h3-6,11H,7-10,12H2,1-2H3,(H2,19,24). The molecule has 3 rings (SSSR count). The van der Waals surface area contributed by atoms with E-state index in [0.29, 0.717) is 23.7 Å². The molecule has 0 aliphatic carbocycles. The highest BCUT2D eigenvalue weighted by atomic mass is 16.5. The van der Waals surface area contributed by atoms with Crippen LogP contribution in [-0.4, -0.2) is 58.9 Å². The van der Waals surface area contributed by atoms with Gasteiger partial charge in [-0.15, -0.1) is 0 Å². The lowest BCUT2D eigenvalue weighted by Crippen LogP contribution is -2.44. The zero-order chi connectivity index (χ0) is 17.8. The molecular formula is C18H23N5O2. The highest BCUT2D eigenvalue weighted by Crippen LogP contribution is 2.22. The summed E-state index contributed by atoms with van der Waals surface area (Å²) in [6, 6.07) is 6.95. The van der Waals surface area contributed by atoms with Gasteiger partial charge in [0.05, 0.1) is 6.54 Å². The van der Waals surface area contributed by atoms with Gasteiger partial charge in [-0.2, -0.15) is 4.98 Å². The zero-order valence-corrected chi connectivity index (χ0v) is 14.6. The van der Waals surface area contributed by atoms with Gasteiger partial charge in [0.1, 0.15) is 11.6 Å². The van der Waals surface area contributed by atoms with Crippen LogP contribution in [-0.2, 0) is 6.54 Å². The quantitative estimate of drug-likeness (QED) is 0.885. The summed E-state index contributed by atoms with van der Waals surface area (Å²) in [5, 5.41) is 0. The zero-order valence-electron chi connectivity index (χ0n) is 14.6. The molecule has 1 aliphatic heterocycles. The van der Waals surface area contributed by atoms with Crippen molar-refractivity contribution in [1.29, 1.82) is 0 Å². The highest BCUT2D eigenvalue weighted by Gasteiger charge is 2.15. The van der Waals surface area contributed by atoms with Crippen molar-refractivity contribution in [2.45, 2.75) is 13.5 Å². The lowest BCUT2D eigenvalue weighted by atomic mass is 10.1. The molecule has 132 valence electrons. The van der Waals surface area contributed by atoms with Crippen LogP contribution in [0.3, 0.4) is 0 Å². The van der Waals surface area contributed by atoms with Crippen molar-refractivity contribution in [2.24, 2.45) is 5.73 Å². The Labute approximate surface area is 147 Å². The highest BCUT2D eigenvalue weighted by molar-refractivity contribution is 5.94. The molecule has 2 aromatic rings. The summed E-state index contributed by atoms with van der Waals surface area (Å²) < 4.78 is 5.79. The van der Waals surface area contributed by atoms with Gasteiger partial charge in [0.25, 0.3) is 0 Å². The van der Waals surface area contributed by atoms with E-state index >= 15 is 0 Å². The van der Waals surface area contributed by atoms with E-state index in [0.717, 1.165) is 37.6 Å². The lowest BCUT2D eigenvalue weighted by Gasteiger charge is -2.31. The van der Waals surface area contributed by atoms with Crippen molar-refractivity contribution < 1.29 is 9.53 Å². The minimum absolute atomic E-state index is 0.448. The number of hydrogen-bond donors (Lipinski definition) is 1. The van der Waals surface area contributed by atoms with Gasteiger partial charge in [-0.1, -0.05) is 6.07 Å². The summed E-state index contributed by atoms with van der Waals surface area (Å²) in [5.74, 6) is 1.24. The van der Waals surface area contributed by atoms with Gasteiger partial charge in [-0.05, 0) is 31.7 Å². The number of piperazine rings is 1. The van der Waals surface area contributed by atoms with Crippen molar-refractivity contribution >= 4 is 5.91 Å². The Morgan fingerprint density at radius 1 is 1.24 bits per heavy atom. The summed E-state index contributed by atoms with van der Waals surface area (Å²) in [4.78, 5) is 24.9. The van der Waals surface area contributed by atoms with Crippen LogP contribution in [0.25, 0.3) is 0 Å². The predicted molar refractivity (Wildman–Crippen MR) is 94.6 cm³/mol. The third-order valence-electron chi connectivity index (χ3n) is 4.34. The Balaban J connectivity index is 1.69. The molecule has 1 saturated heterocycles. The second-order valence-electron chi connectivity index (χ2n) is 6.33. The Bertz CT molecular complexity index is 757. The third kappa shape index (κ3) is 4.52. The number of amides is 1. The third-order valence-corrected chi connectivity index (χ3v) is 4.34. The van der Waals surface area contributed by atoms with Crippen LogP contribution in [0.2, 0.25) is 0 Å². The van der Waals surface area contributed by atoms with Crippen LogP contribution in [0.15, 0.2) is 30.5 Å². The van der Waals surface area contributed by atoms with E-state index in [1.54, 1.807) is 24.4 Å². The fourth-order valence-corrected chi connectivity index (χ4v) is 2.77.